The minimum Gasteiger partial charge on any atom is -0.358 e. The molecule has 0 amide bonds. The van der Waals surface area contributed by atoms with Gasteiger partial charge in [0, 0.05) is 0 Å². The smallest absolute Gasteiger partial charge is 0.358 e. The van der Waals surface area contributed by atoms with Gasteiger partial charge in [0.05, 0.1) is 0 Å². The number of rotatable bonds is 2. The molecule has 0 aliphatic carbocycles. The van der Waals surface area contributed by atoms with Crippen molar-refractivity contribution in [2.24, 2.45) is 0 Å². The van der Waals surface area contributed by atoms with Gasteiger partial charge in [-0.1, -0.05) is 25.3 Å². The molecule has 0 radical (unpaired) electrons. The summed E-state index contributed by atoms with van der Waals surface area (Å²) in [4.78, 5) is 0. The first-order chi connectivity index (χ1) is 3.41. The Morgan fingerprint density at radius 3 is 1.40 bits per heavy atom. The van der Waals surface area contributed by atoms with E-state index >= 15 is 0 Å². The van der Waals surface area contributed by atoms with Crippen molar-refractivity contribution in [2.75, 3.05) is 0 Å². The zero-order valence-electron chi connectivity index (χ0n) is 6.58. The van der Waals surface area contributed by atoms with Crippen molar-refractivity contribution >= 4 is 0 Å². The molecule has 58 valence electrons. The monoisotopic (exact) mass is 224 g/mol. The first-order valence-corrected chi connectivity index (χ1v) is 2.06. The van der Waals surface area contributed by atoms with E-state index in [1.807, 2.05) is 0 Å². The van der Waals surface area contributed by atoms with Crippen LogP contribution in [0.5, 0.6) is 0 Å². The Bertz CT molecular complexity index is 105. The van der Waals surface area contributed by atoms with Crippen LogP contribution in [0.1, 0.15) is 0 Å². The van der Waals surface area contributed by atoms with Crippen molar-refractivity contribution in [3.05, 3.63) is 58.0 Å². The molecule has 0 spiro atoms. The maximum absolute atomic E-state index is 3.46. The van der Waals surface area contributed by atoms with Crippen LogP contribution < -0.4 is 0 Å². The van der Waals surface area contributed by atoms with E-state index < -0.39 is 0 Å². The molecule has 0 fully saturated rings. The van der Waals surface area contributed by atoms with Crippen molar-refractivity contribution < 1.29 is 19.5 Å². The zero-order valence-corrected chi connectivity index (χ0v) is 8.32. The van der Waals surface area contributed by atoms with Crippen LogP contribution in [-0.2, 0) is 19.5 Å². The van der Waals surface area contributed by atoms with Gasteiger partial charge in [0.1, 0.15) is 0 Å². The van der Waals surface area contributed by atoms with Gasteiger partial charge in [0.15, 0.2) is 0 Å². The molecule has 0 atom stereocenters. The number of allylic oxidation sites excluding steroid dienone is 3. The third-order valence-corrected chi connectivity index (χ3v) is 0.428. The third-order valence-electron chi connectivity index (χ3n) is 0.428. The van der Waals surface area contributed by atoms with Crippen LogP contribution in [0.3, 0.4) is 0 Å². The van der Waals surface area contributed by atoms with E-state index in [-0.39, 0.29) is 34.3 Å². The van der Waals surface area contributed by atoms with E-state index in [1.54, 1.807) is 24.3 Å². The molecule has 0 aliphatic rings. The predicted octanol–water partition coefficient (Wildman–Crippen LogP) is 2.97. The molecule has 0 bridgehead atoms. The maximum atomic E-state index is 3.46. The van der Waals surface area contributed by atoms with Crippen LogP contribution in [0.4, 0.5) is 0 Å². The van der Waals surface area contributed by atoms with Crippen LogP contribution in [0.2, 0.25) is 0 Å². The molecule has 0 N–H and O–H groups in total. The summed E-state index contributed by atoms with van der Waals surface area (Å²) in [5.74, 6) is 0. The fourth-order valence-electron chi connectivity index (χ4n) is 0.192. The largest absolute Gasteiger partial charge is 2.00 e. The molecule has 0 aromatic heterocycles. The molecule has 0 saturated carbocycles. The summed E-state index contributed by atoms with van der Waals surface area (Å²) >= 11 is 0. The average molecular weight is 223 g/mol. The molecule has 0 aromatic carbocycles. The second-order valence-electron chi connectivity index (χ2n) is 0.971. The predicted molar refractivity (Wildman–Crippen MR) is 45.9 cm³/mol. The van der Waals surface area contributed by atoms with Gasteiger partial charge in [-0.25, -0.2) is 0 Å². The molecule has 0 unspecified atom stereocenters. The summed E-state index contributed by atoms with van der Waals surface area (Å²) in [6, 6.07) is 0. The Morgan fingerprint density at radius 2 is 1.20 bits per heavy atom. The third kappa shape index (κ3) is 25.5. The van der Waals surface area contributed by atoms with Crippen molar-refractivity contribution in [1.29, 1.82) is 0 Å². The summed E-state index contributed by atoms with van der Waals surface area (Å²) in [6.45, 7) is 6.92. The summed E-state index contributed by atoms with van der Waals surface area (Å²) in [5.41, 5.74) is 2.80. The maximum Gasteiger partial charge on any atom is 2.00 e. The van der Waals surface area contributed by atoms with Crippen molar-refractivity contribution in [3.8, 4) is 0 Å². The normalized spacial score (nSPS) is 4.00. The number of hydrogen-bond donors (Lipinski definition) is 0. The molecule has 10 heavy (non-hydrogen) atoms. The van der Waals surface area contributed by atoms with E-state index in [0.29, 0.717) is 0 Å². The Morgan fingerprint density at radius 1 is 0.900 bits per heavy atom. The van der Waals surface area contributed by atoms with Crippen LogP contribution in [0.25, 0.3) is 0 Å². The van der Waals surface area contributed by atoms with Crippen molar-refractivity contribution in [1.82, 2.24) is 0 Å². The topological polar surface area (TPSA) is 0 Å². The van der Waals surface area contributed by atoms with Gasteiger partial charge < -0.3 is 14.9 Å². The van der Waals surface area contributed by atoms with Gasteiger partial charge in [-0.15, -0.1) is 5.73 Å². The van der Waals surface area contributed by atoms with E-state index in [0.717, 1.165) is 0 Å². The molecule has 0 saturated heterocycles. The second kappa shape index (κ2) is 23.4. The molecule has 0 nitrogen and oxygen atoms in total. The van der Waals surface area contributed by atoms with Gasteiger partial charge in [0.25, 0.3) is 0 Å². The molecule has 0 aliphatic heterocycles. The minimum atomic E-state index is 0. The second-order valence-corrected chi connectivity index (χ2v) is 0.971. The van der Waals surface area contributed by atoms with E-state index in [2.05, 4.69) is 18.9 Å². The molecule has 0 rings (SSSR count). The Balaban J connectivity index is -0.0000000600. The fourth-order valence-corrected chi connectivity index (χ4v) is 0.192. The fraction of sp³-hybridized carbons (Fsp3) is 0. The first kappa shape index (κ1) is 22.6. The van der Waals surface area contributed by atoms with Crippen molar-refractivity contribution in [3.63, 3.8) is 0 Å². The first-order valence-electron chi connectivity index (χ1n) is 2.06. The van der Waals surface area contributed by atoms with Gasteiger partial charge in [-0.2, -0.15) is 0 Å². The van der Waals surface area contributed by atoms with E-state index in [1.165, 1.54) is 0 Å². The molecular weight excluding hydrogens is 209 g/mol. The minimum absolute atomic E-state index is 0. The van der Waals surface area contributed by atoms with Gasteiger partial charge >= 0.3 is 19.5 Å². The van der Waals surface area contributed by atoms with Crippen LogP contribution in [0, 0.1) is 14.9 Å². The summed E-state index contributed by atoms with van der Waals surface area (Å²) in [7, 11) is 0. The van der Waals surface area contributed by atoms with E-state index in [4.69, 9.17) is 0 Å². The summed E-state index contributed by atoms with van der Waals surface area (Å²) < 4.78 is 0. The van der Waals surface area contributed by atoms with Gasteiger partial charge in [-0.05, 0) is 12.2 Å². The standard InChI is InChI=1S/C7H8.2CH3.Ru/c1-3-5-7-6-4-2;;;/h3-6H,1-2H2;2*1H3;/q;2*-1;+2. The number of hydrogen-bond acceptors (Lipinski definition) is 0. The van der Waals surface area contributed by atoms with Crippen LogP contribution in [-0.4, -0.2) is 0 Å². The van der Waals surface area contributed by atoms with Crippen LogP contribution >= 0.6 is 0 Å². The summed E-state index contributed by atoms with van der Waals surface area (Å²) in [6.07, 6.45) is 6.78. The zero-order chi connectivity index (χ0) is 5.54. The Hall–Kier alpha value is -0.377. The van der Waals surface area contributed by atoms with Gasteiger partial charge in [0.2, 0.25) is 0 Å². The summed E-state index contributed by atoms with van der Waals surface area (Å²) in [5, 5.41) is 0. The molecule has 0 heterocycles. The Kier molecular flexibility index (Phi) is 53.1. The van der Waals surface area contributed by atoms with E-state index in [9.17, 15) is 0 Å². The van der Waals surface area contributed by atoms with Crippen LogP contribution in [0.15, 0.2) is 43.2 Å². The van der Waals surface area contributed by atoms with Crippen molar-refractivity contribution in [2.45, 2.75) is 0 Å². The quantitative estimate of drug-likeness (QED) is 0.292. The molecular formula is C9H14Ru. The Labute approximate surface area is 77.8 Å². The van der Waals surface area contributed by atoms with Gasteiger partial charge in [-0.3, -0.25) is 0 Å². The SMILES string of the molecule is C=CC=C=CC=C.[CH3-].[CH3-].[Ru+2]. The average Bonchev–Trinajstić information content (AvgIpc) is 1.69. The molecule has 1 heteroatoms. The molecule has 0 aromatic rings.